The van der Waals surface area contributed by atoms with Crippen LogP contribution in [0.25, 0.3) is 27.0 Å². The lowest BCUT2D eigenvalue weighted by molar-refractivity contribution is -0.140. The third-order valence-corrected chi connectivity index (χ3v) is 5.50. The van der Waals surface area contributed by atoms with E-state index in [9.17, 15) is 14.9 Å². The number of nitrogens with zero attached hydrogens (tertiary/aromatic N) is 2. The van der Waals surface area contributed by atoms with Crippen LogP contribution < -0.4 is 0 Å². The van der Waals surface area contributed by atoms with Crippen molar-refractivity contribution >= 4 is 39.5 Å². The molecule has 0 N–H and O–H groups in total. The largest absolute Gasteiger partial charge is 0.464 e. The van der Waals surface area contributed by atoms with Gasteiger partial charge in [0.25, 0.3) is 11.8 Å². The van der Waals surface area contributed by atoms with E-state index in [0.29, 0.717) is 22.5 Å². The van der Waals surface area contributed by atoms with Crippen LogP contribution in [0.3, 0.4) is 0 Å². The highest BCUT2D eigenvalue weighted by Crippen LogP contribution is 2.36. The summed E-state index contributed by atoms with van der Waals surface area (Å²) in [6.45, 7) is 3.50. The van der Waals surface area contributed by atoms with Crippen LogP contribution in [-0.2, 0) is 9.59 Å². The minimum atomic E-state index is -0.553. The number of amides is 2. The number of likely N-dealkylation sites (N-methyl/N-ethyl adjacent to an activating group) is 1. The maximum atomic E-state index is 12.6. The highest BCUT2D eigenvalue weighted by Gasteiger charge is 2.34. The Bertz CT molecular complexity index is 1140. The molecule has 0 unspecified atom stereocenters. The summed E-state index contributed by atoms with van der Waals surface area (Å²) in [4.78, 5) is 26.9. The van der Waals surface area contributed by atoms with E-state index in [-0.39, 0.29) is 12.1 Å². The monoisotopic (exact) mass is 378 g/mol. The van der Waals surface area contributed by atoms with Crippen molar-refractivity contribution in [3.8, 4) is 16.7 Å². The average Bonchev–Trinajstić information content (AvgIpc) is 3.35. The molecule has 0 saturated heterocycles. The molecule has 0 radical (unpaired) electrons. The van der Waals surface area contributed by atoms with Gasteiger partial charge in [0.1, 0.15) is 28.7 Å². The topological polar surface area (TPSA) is 87.4 Å². The predicted octanol–water partition coefficient (Wildman–Crippen LogP) is 4.37. The lowest BCUT2D eigenvalue weighted by Gasteiger charge is -2.25. The number of hydrogen-bond donors (Lipinski definition) is 0. The van der Waals surface area contributed by atoms with Crippen LogP contribution in [0, 0.1) is 11.3 Å². The third-order valence-electron chi connectivity index (χ3n) is 4.42. The lowest BCUT2D eigenvalue weighted by atomic mass is 9.95. The highest BCUT2D eigenvalue weighted by atomic mass is 32.1. The zero-order valence-electron chi connectivity index (χ0n) is 14.6. The molecule has 0 aliphatic carbocycles. The Balaban J connectivity index is 1.77. The summed E-state index contributed by atoms with van der Waals surface area (Å²) in [6.07, 6.45) is 3.20. The van der Waals surface area contributed by atoms with Gasteiger partial charge in [0, 0.05) is 24.3 Å². The van der Waals surface area contributed by atoms with Gasteiger partial charge in [0.05, 0.1) is 15.8 Å². The van der Waals surface area contributed by atoms with Crippen LogP contribution in [0.1, 0.15) is 19.6 Å². The number of carbonyl (C=O) groups excluding carboxylic acids is 2. The van der Waals surface area contributed by atoms with Crippen molar-refractivity contribution in [2.75, 3.05) is 6.54 Å². The molecule has 7 heteroatoms. The van der Waals surface area contributed by atoms with E-state index in [4.69, 9.17) is 8.83 Å². The Kier molecular flexibility index (Phi) is 4.05. The summed E-state index contributed by atoms with van der Waals surface area (Å²) in [5, 5.41) is 9.29. The molecule has 0 aromatic carbocycles. The van der Waals surface area contributed by atoms with Crippen molar-refractivity contribution in [3.63, 3.8) is 0 Å². The Morgan fingerprint density at radius 3 is 2.74 bits per heavy atom. The van der Waals surface area contributed by atoms with Gasteiger partial charge in [-0.25, -0.2) is 0 Å². The quantitative estimate of drug-likeness (QED) is 0.499. The van der Waals surface area contributed by atoms with E-state index < -0.39 is 11.8 Å². The van der Waals surface area contributed by atoms with E-state index in [2.05, 4.69) is 0 Å². The number of hydrogen-bond acceptors (Lipinski definition) is 6. The normalized spacial score (nSPS) is 16.6. The maximum absolute atomic E-state index is 12.6. The van der Waals surface area contributed by atoms with Gasteiger partial charge >= 0.3 is 0 Å². The lowest BCUT2D eigenvalue weighted by Crippen LogP contribution is -2.42. The molecule has 0 atom stereocenters. The fraction of sp³-hybridized carbons (Fsp3) is 0.150. The van der Waals surface area contributed by atoms with Gasteiger partial charge in [0.15, 0.2) is 0 Å². The van der Waals surface area contributed by atoms with Gasteiger partial charge in [-0.3, -0.25) is 14.5 Å². The summed E-state index contributed by atoms with van der Waals surface area (Å²) in [5.74, 6) is 0.286. The summed E-state index contributed by atoms with van der Waals surface area (Å²) in [5.41, 5.74) is 1.33. The molecule has 1 aliphatic rings. The Morgan fingerprint density at radius 2 is 2.11 bits per heavy atom. The molecule has 0 spiro atoms. The van der Waals surface area contributed by atoms with E-state index in [1.165, 1.54) is 11.3 Å². The molecule has 3 aromatic rings. The molecular formula is C20H14N2O4S. The van der Waals surface area contributed by atoms with Gasteiger partial charge in [-0.1, -0.05) is 0 Å². The molecule has 0 saturated carbocycles. The van der Waals surface area contributed by atoms with Crippen LogP contribution in [0.4, 0.5) is 0 Å². The van der Waals surface area contributed by atoms with Gasteiger partial charge in [-0.2, -0.15) is 5.26 Å². The van der Waals surface area contributed by atoms with Crippen molar-refractivity contribution in [1.29, 1.82) is 5.26 Å². The molecule has 1 aliphatic heterocycles. The maximum Gasteiger partial charge on any atom is 0.271 e. The standard InChI is InChI=1S/C20H14N2O4S/c1-3-22-19(23)13(11(2)14(10-21)20(22)24)7-12-8-17-16(26-12)9-18(27-17)15-5-4-6-25-15/h4-9H,3H2,1-2H3/b13-7-. The van der Waals surface area contributed by atoms with Gasteiger partial charge in [0.2, 0.25) is 0 Å². The number of rotatable bonds is 3. The Morgan fingerprint density at radius 1 is 1.30 bits per heavy atom. The Hall–Kier alpha value is -3.37. The summed E-state index contributed by atoms with van der Waals surface area (Å²) >= 11 is 1.52. The zero-order chi connectivity index (χ0) is 19.1. The molecule has 4 heterocycles. The second kappa shape index (κ2) is 6.41. The van der Waals surface area contributed by atoms with Gasteiger partial charge in [-0.15, -0.1) is 11.3 Å². The van der Waals surface area contributed by atoms with E-state index >= 15 is 0 Å². The van der Waals surface area contributed by atoms with Crippen LogP contribution in [0.15, 0.2) is 56.1 Å². The highest BCUT2D eigenvalue weighted by molar-refractivity contribution is 7.22. The zero-order valence-corrected chi connectivity index (χ0v) is 15.4. The molecule has 0 fully saturated rings. The predicted molar refractivity (Wildman–Crippen MR) is 100 cm³/mol. The van der Waals surface area contributed by atoms with Gasteiger partial charge < -0.3 is 8.83 Å². The first-order valence-corrected chi connectivity index (χ1v) is 9.11. The molecule has 4 rings (SSSR count). The number of furan rings is 2. The molecule has 0 bridgehead atoms. The molecular weight excluding hydrogens is 364 g/mol. The average molecular weight is 378 g/mol. The number of fused-ring (bicyclic) bond motifs is 1. The number of thiophene rings is 1. The summed E-state index contributed by atoms with van der Waals surface area (Å²) < 4.78 is 12.2. The SMILES string of the molecule is CCN1C(=O)C(C#N)=C(C)/C(=C/c2cc3sc(-c4ccco4)cc3o2)C1=O. The minimum absolute atomic E-state index is 0.0174. The van der Waals surface area contributed by atoms with Crippen molar-refractivity contribution in [3.05, 3.63) is 53.0 Å². The summed E-state index contributed by atoms with van der Waals surface area (Å²) in [7, 11) is 0. The van der Waals surface area contributed by atoms with Crippen molar-refractivity contribution in [2.24, 2.45) is 0 Å². The summed E-state index contributed by atoms with van der Waals surface area (Å²) in [6, 6.07) is 9.32. The molecule has 3 aromatic heterocycles. The number of imide groups is 1. The van der Waals surface area contributed by atoms with Crippen LogP contribution >= 0.6 is 11.3 Å². The fourth-order valence-electron chi connectivity index (χ4n) is 3.02. The smallest absolute Gasteiger partial charge is 0.271 e. The molecule has 27 heavy (non-hydrogen) atoms. The number of carbonyl (C=O) groups is 2. The van der Waals surface area contributed by atoms with Crippen molar-refractivity contribution in [1.82, 2.24) is 4.90 Å². The van der Waals surface area contributed by atoms with Gasteiger partial charge in [-0.05, 0) is 37.6 Å². The third kappa shape index (κ3) is 2.71. The molecule has 2 amide bonds. The van der Waals surface area contributed by atoms with Crippen LogP contribution in [0.5, 0.6) is 0 Å². The van der Waals surface area contributed by atoms with E-state index in [1.807, 2.05) is 30.3 Å². The second-order valence-electron chi connectivity index (χ2n) is 5.99. The first kappa shape index (κ1) is 17.1. The molecule has 6 nitrogen and oxygen atoms in total. The van der Waals surface area contributed by atoms with E-state index in [0.717, 1.165) is 20.2 Å². The fourth-order valence-corrected chi connectivity index (χ4v) is 4.02. The first-order valence-electron chi connectivity index (χ1n) is 8.30. The van der Waals surface area contributed by atoms with Crippen molar-refractivity contribution < 1.29 is 18.4 Å². The molecule has 134 valence electrons. The van der Waals surface area contributed by atoms with Crippen LogP contribution in [-0.4, -0.2) is 23.3 Å². The van der Waals surface area contributed by atoms with Crippen molar-refractivity contribution in [2.45, 2.75) is 13.8 Å². The van der Waals surface area contributed by atoms with E-state index in [1.54, 1.807) is 26.2 Å². The Labute approximate surface area is 158 Å². The number of nitriles is 1. The minimum Gasteiger partial charge on any atom is -0.464 e. The van der Waals surface area contributed by atoms with Crippen LogP contribution in [0.2, 0.25) is 0 Å². The first-order chi connectivity index (χ1) is 13.0. The second-order valence-corrected chi connectivity index (χ2v) is 7.07.